The fourth-order valence-corrected chi connectivity index (χ4v) is 9.92. The van der Waals surface area contributed by atoms with Gasteiger partial charge in [-0.25, -0.2) is 0 Å². The number of aliphatic hydroxyl groups is 2. The number of ketones is 2. The van der Waals surface area contributed by atoms with Gasteiger partial charge in [0.1, 0.15) is 11.5 Å². The number of hydrogen-bond donors (Lipinski definition) is 4. The molecule has 392 valence electrons. The molecule has 2 aliphatic rings. The fourth-order valence-electron chi connectivity index (χ4n) is 9.92. The molecule has 0 bridgehead atoms. The molecule has 73 heavy (non-hydrogen) atoms. The summed E-state index contributed by atoms with van der Waals surface area (Å²) in [5.74, 6) is -4.76. The van der Waals surface area contributed by atoms with Gasteiger partial charge in [0.2, 0.25) is 11.6 Å². The maximum Gasteiger partial charge on any atom is 0.314 e. The summed E-state index contributed by atoms with van der Waals surface area (Å²) >= 11 is 0. The SMILES string of the molecule is CCCCCCOC1CCC(C(=O)Oc2ccc(C=CC(=O)CC(Cc3ccc(N)cc3)(Cc3ccc(N)cc3)C(O)(O)C(=O)C=Cc3ccc(OC(=O)C4CCC(OCCCCCC)CC4)cc3)cc2)CC1. The molecule has 0 radical (unpaired) electrons. The molecule has 6 N–H and O–H groups in total. The van der Waals surface area contributed by atoms with Gasteiger partial charge in [-0.1, -0.05) is 113 Å². The molecule has 0 aromatic heterocycles. The van der Waals surface area contributed by atoms with Crippen LogP contribution in [0.4, 0.5) is 11.4 Å². The number of rotatable bonds is 28. The van der Waals surface area contributed by atoms with E-state index in [0.717, 1.165) is 70.7 Å². The van der Waals surface area contributed by atoms with Gasteiger partial charge in [0.05, 0.1) is 24.0 Å². The second kappa shape index (κ2) is 28.5. The third-order valence-corrected chi connectivity index (χ3v) is 14.4. The van der Waals surface area contributed by atoms with E-state index in [1.54, 1.807) is 103 Å². The number of carbonyl (C=O) groups excluding carboxylic acids is 4. The topological polar surface area (TPSA) is 198 Å². The molecule has 4 aromatic rings. The molecule has 0 spiro atoms. The van der Waals surface area contributed by atoms with E-state index in [0.29, 0.717) is 58.0 Å². The van der Waals surface area contributed by atoms with Crippen molar-refractivity contribution in [2.24, 2.45) is 17.3 Å². The monoisotopic (exact) mass is 999 g/mol. The van der Waals surface area contributed by atoms with E-state index in [4.69, 9.17) is 30.4 Å². The van der Waals surface area contributed by atoms with Gasteiger partial charge in [-0.05, 0) is 160 Å². The number of carbonyl (C=O) groups is 4. The van der Waals surface area contributed by atoms with Crippen LogP contribution in [0.25, 0.3) is 12.2 Å². The minimum atomic E-state index is -3.07. The molecule has 0 amide bonds. The van der Waals surface area contributed by atoms with Gasteiger partial charge in [0.15, 0.2) is 5.78 Å². The maximum atomic E-state index is 14.3. The van der Waals surface area contributed by atoms with Gasteiger partial charge in [-0.15, -0.1) is 0 Å². The molecule has 4 aromatic carbocycles. The van der Waals surface area contributed by atoms with Gasteiger partial charge in [0.25, 0.3) is 0 Å². The van der Waals surface area contributed by atoms with Crippen LogP contribution >= 0.6 is 0 Å². The minimum Gasteiger partial charge on any atom is -0.426 e. The van der Waals surface area contributed by atoms with E-state index in [9.17, 15) is 29.4 Å². The lowest BCUT2D eigenvalue weighted by molar-refractivity contribution is -0.230. The molecule has 12 nitrogen and oxygen atoms in total. The van der Waals surface area contributed by atoms with Crippen molar-refractivity contribution in [2.45, 2.75) is 154 Å². The van der Waals surface area contributed by atoms with Crippen molar-refractivity contribution >= 4 is 47.0 Å². The molecule has 0 aliphatic heterocycles. The van der Waals surface area contributed by atoms with Crippen LogP contribution in [0.3, 0.4) is 0 Å². The van der Waals surface area contributed by atoms with Crippen LogP contribution in [0.1, 0.15) is 145 Å². The van der Waals surface area contributed by atoms with Gasteiger partial charge in [-0.2, -0.15) is 0 Å². The number of benzene rings is 4. The first-order valence-electron chi connectivity index (χ1n) is 26.7. The average molecular weight is 999 g/mol. The van der Waals surface area contributed by atoms with Crippen LogP contribution in [0, 0.1) is 17.3 Å². The van der Waals surface area contributed by atoms with E-state index in [-0.39, 0.29) is 48.8 Å². The molecule has 6 rings (SSSR count). The Hall–Kier alpha value is -5.92. The van der Waals surface area contributed by atoms with Gasteiger partial charge in [-0.3, -0.25) is 19.2 Å². The summed E-state index contributed by atoms with van der Waals surface area (Å²) in [6.45, 7) is 5.90. The predicted octanol–water partition coefficient (Wildman–Crippen LogP) is 11.4. The summed E-state index contributed by atoms with van der Waals surface area (Å²) < 4.78 is 23.6. The Balaban J connectivity index is 1.11. The zero-order valence-electron chi connectivity index (χ0n) is 43.0. The third kappa shape index (κ3) is 17.6. The number of hydrogen-bond acceptors (Lipinski definition) is 12. The quantitative estimate of drug-likeness (QED) is 0.0105. The summed E-state index contributed by atoms with van der Waals surface area (Å²) in [5.41, 5.74) is 13.7. The van der Waals surface area contributed by atoms with Gasteiger partial charge < -0.3 is 40.6 Å². The van der Waals surface area contributed by atoms with E-state index in [1.807, 2.05) is 0 Å². The Kier molecular flexibility index (Phi) is 22.0. The first-order chi connectivity index (χ1) is 35.2. The van der Waals surface area contributed by atoms with E-state index in [2.05, 4.69) is 13.8 Å². The van der Waals surface area contributed by atoms with Crippen LogP contribution < -0.4 is 20.9 Å². The molecule has 2 aliphatic carbocycles. The van der Waals surface area contributed by atoms with Crippen molar-refractivity contribution in [3.8, 4) is 11.5 Å². The van der Waals surface area contributed by atoms with Crippen molar-refractivity contribution in [1.29, 1.82) is 0 Å². The first-order valence-corrected chi connectivity index (χ1v) is 26.7. The first kappa shape index (κ1) is 56.4. The molecule has 0 unspecified atom stereocenters. The summed E-state index contributed by atoms with van der Waals surface area (Å²) in [5, 5.41) is 24.6. The Bertz CT molecular complexity index is 2350. The summed E-state index contributed by atoms with van der Waals surface area (Å²) in [4.78, 5) is 54.6. The largest absolute Gasteiger partial charge is 0.426 e. The molecular weight excluding hydrogens is 921 g/mol. The van der Waals surface area contributed by atoms with Gasteiger partial charge >= 0.3 is 11.9 Å². The van der Waals surface area contributed by atoms with Crippen molar-refractivity contribution < 1.29 is 48.3 Å². The Morgan fingerprint density at radius 1 is 0.534 bits per heavy atom. The normalized spacial score (nSPS) is 18.5. The number of anilines is 2. The Morgan fingerprint density at radius 3 is 1.33 bits per heavy atom. The molecule has 2 saturated carbocycles. The van der Waals surface area contributed by atoms with Crippen molar-refractivity contribution in [1.82, 2.24) is 0 Å². The summed E-state index contributed by atoms with van der Waals surface area (Å²) in [6.07, 6.45) is 20.7. The highest BCUT2D eigenvalue weighted by Crippen LogP contribution is 2.43. The Morgan fingerprint density at radius 2 is 0.932 bits per heavy atom. The van der Waals surface area contributed by atoms with Crippen LogP contribution in [0.5, 0.6) is 11.5 Å². The number of allylic oxidation sites excluding steroid dienone is 1. The minimum absolute atomic E-state index is 0.0919. The predicted molar refractivity (Wildman–Crippen MR) is 287 cm³/mol. The third-order valence-electron chi connectivity index (χ3n) is 14.4. The maximum absolute atomic E-state index is 14.3. The lowest BCUT2D eigenvalue weighted by Gasteiger charge is -2.42. The molecular formula is C61H78N2O10. The number of ether oxygens (including phenoxy) is 4. The fraction of sp³-hybridized carbons (Fsp3) is 0.475. The Labute approximate surface area is 432 Å². The van der Waals surface area contributed by atoms with Crippen molar-refractivity contribution in [3.63, 3.8) is 0 Å². The standard InChI is InChI=1S/C61H78N2O10/c1-3-5-7-9-39-70-53-34-21-48(22-35-53)58(66)72-55-30-16-44(17-31-55)15-29-52(64)43-60(41-46-11-25-50(62)26-12-46,42-47-13-27-51(63)28-14-47)61(68,69)57(65)38-20-45-18-32-56(33-19-45)73-59(67)49-23-36-54(37-24-49)71-40-10-8-6-4-2/h11-20,25-33,38,48-49,53-54,68-69H,3-10,21-24,34-37,39-43,62-63H2,1-2H3. The zero-order chi connectivity index (χ0) is 52.1. The van der Waals surface area contributed by atoms with Crippen LogP contribution in [0.15, 0.2) is 109 Å². The van der Waals surface area contributed by atoms with E-state index >= 15 is 0 Å². The lowest BCUT2D eigenvalue weighted by Crippen LogP contribution is -2.57. The summed E-state index contributed by atoms with van der Waals surface area (Å²) in [6, 6.07) is 27.1. The number of unbranched alkanes of at least 4 members (excludes halogenated alkanes) is 6. The van der Waals surface area contributed by atoms with E-state index in [1.165, 1.54) is 50.7 Å². The number of esters is 2. The highest BCUT2D eigenvalue weighted by atomic mass is 16.5. The smallest absolute Gasteiger partial charge is 0.314 e. The highest BCUT2D eigenvalue weighted by molar-refractivity contribution is 6.01. The number of nitrogens with two attached hydrogens (primary N) is 2. The molecule has 0 heterocycles. The molecule has 12 heteroatoms. The average Bonchev–Trinajstić information content (AvgIpc) is 3.39. The molecule has 0 saturated heterocycles. The molecule has 2 fully saturated rings. The van der Waals surface area contributed by atoms with Crippen LogP contribution in [-0.2, 0) is 41.5 Å². The lowest BCUT2D eigenvalue weighted by atomic mass is 9.65. The zero-order valence-corrected chi connectivity index (χ0v) is 43.0. The highest BCUT2D eigenvalue weighted by Gasteiger charge is 2.54. The second-order valence-corrected chi connectivity index (χ2v) is 20.3. The molecule has 0 atom stereocenters. The second-order valence-electron chi connectivity index (χ2n) is 20.3. The summed E-state index contributed by atoms with van der Waals surface area (Å²) in [7, 11) is 0. The van der Waals surface area contributed by atoms with Gasteiger partial charge in [0, 0.05) is 36.4 Å². The van der Waals surface area contributed by atoms with Crippen LogP contribution in [0.2, 0.25) is 0 Å². The number of nitrogen functional groups attached to an aromatic ring is 2. The van der Waals surface area contributed by atoms with Crippen molar-refractivity contribution in [2.75, 3.05) is 24.7 Å². The van der Waals surface area contributed by atoms with Crippen LogP contribution in [-0.4, -0.2) is 64.9 Å². The van der Waals surface area contributed by atoms with Crippen molar-refractivity contribution in [3.05, 3.63) is 131 Å². The van der Waals surface area contributed by atoms with E-state index < -0.39 is 29.2 Å².